The largest absolute Gasteiger partial charge is 0.297 e. The van der Waals surface area contributed by atoms with Crippen LogP contribution in [0.15, 0.2) is 30.3 Å². The van der Waals surface area contributed by atoms with Gasteiger partial charge in [0.2, 0.25) is 11.0 Å². The number of amides is 1. The predicted molar refractivity (Wildman–Crippen MR) is 84.7 cm³/mol. The van der Waals surface area contributed by atoms with Gasteiger partial charge in [-0.25, -0.2) is 0 Å². The lowest BCUT2D eigenvalue weighted by Gasteiger charge is -1.96. The Bertz CT molecular complexity index is 712. The van der Waals surface area contributed by atoms with E-state index in [9.17, 15) is 14.9 Å². The van der Waals surface area contributed by atoms with Crippen LogP contribution in [0, 0.1) is 10.1 Å². The van der Waals surface area contributed by atoms with Crippen LogP contribution in [0.1, 0.15) is 23.9 Å². The summed E-state index contributed by atoms with van der Waals surface area (Å²) in [5.74, 6) is -0.356. The first-order chi connectivity index (χ1) is 10.6. The quantitative estimate of drug-likeness (QED) is 0.501. The summed E-state index contributed by atoms with van der Waals surface area (Å²) in [4.78, 5) is 22.0. The number of anilines is 1. The minimum absolute atomic E-state index is 0.0177. The predicted octanol–water partition coefficient (Wildman–Crippen LogP) is 3.05. The van der Waals surface area contributed by atoms with Crippen LogP contribution in [0.5, 0.6) is 0 Å². The normalized spacial score (nSPS) is 10.8. The number of rotatable bonds is 6. The molecule has 7 nitrogen and oxygen atoms in total. The summed E-state index contributed by atoms with van der Waals surface area (Å²) < 4.78 is 0. The molecule has 1 heterocycles. The van der Waals surface area contributed by atoms with Crippen molar-refractivity contribution >= 4 is 34.1 Å². The molecule has 1 aromatic heterocycles. The Morgan fingerprint density at radius 1 is 1.45 bits per heavy atom. The number of carbonyl (C=O) groups is 1. The molecule has 0 saturated carbocycles. The van der Waals surface area contributed by atoms with E-state index in [2.05, 4.69) is 15.5 Å². The van der Waals surface area contributed by atoms with Crippen molar-refractivity contribution < 1.29 is 9.72 Å². The average Bonchev–Trinajstić information content (AvgIpc) is 2.93. The summed E-state index contributed by atoms with van der Waals surface area (Å²) in [6.07, 6.45) is 4.61. The number of nitro benzene ring substituents is 1. The van der Waals surface area contributed by atoms with Crippen molar-refractivity contribution in [2.75, 3.05) is 5.32 Å². The van der Waals surface area contributed by atoms with Crippen LogP contribution >= 0.6 is 11.3 Å². The van der Waals surface area contributed by atoms with E-state index in [0.717, 1.165) is 17.8 Å². The smallest absolute Gasteiger partial charge is 0.270 e. The van der Waals surface area contributed by atoms with Crippen LogP contribution in [0.25, 0.3) is 6.08 Å². The van der Waals surface area contributed by atoms with Gasteiger partial charge in [0.05, 0.1) is 4.92 Å². The van der Waals surface area contributed by atoms with Crippen molar-refractivity contribution in [3.8, 4) is 0 Å². The van der Waals surface area contributed by atoms with E-state index in [4.69, 9.17) is 0 Å². The molecule has 1 amide bonds. The van der Waals surface area contributed by atoms with Gasteiger partial charge in [0.1, 0.15) is 5.01 Å². The third-order valence-corrected chi connectivity index (χ3v) is 3.57. The molecule has 8 heteroatoms. The van der Waals surface area contributed by atoms with E-state index < -0.39 is 4.92 Å². The zero-order valence-corrected chi connectivity index (χ0v) is 12.7. The van der Waals surface area contributed by atoms with Crippen LogP contribution in [0.4, 0.5) is 10.8 Å². The fourth-order valence-corrected chi connectivity index (χ4v) is 2.52. The van der Waals surface area contributed by atoms with Gasteiger partial charge in [0.25, 0.3) is 5.69 Å². The highest BCUT2D eigenvalue weighted by Gasteiger charge is 2.06. The Hall–Kier alpha value is -2.61. The Kier molecular flexibility index (Phi) is 5.31. The fraction of sp³-hybridized carbons (Fsp3) is 0.214. The van der Waals surface area contributed by atoms with Crippen LogP contribution in [0.3, 0.4) is 0 Å². The van der Waals surface area contributed by atoms with Crippen molar-refractivity contribution in [2.24, 2.45) is 0 Å². The Labute approximate surface area is 130 Å². The second-order valence-corrected chi connectivity index (χ2v) is 5.49. The number of aryl methyl sites for hydroxylation is 1. The summed E-state index contributed by atoms with van der Waals surface area (Å²) in [5, 5.41) is 22.5. The van der Waals surface area contributed by atoms with Crippen LogP contribution in [-0.4, -0.2) is 21.0 Å². The molecule has 22 heavy (non-hydrogen) atoms. The van der Waals surface area contributed by atoms with Gasteiger partial charge >= 0.3 is 0 Å². The van der Waals surface area contributed by atoms with Crippen LogP contribution < -0.4 is 5.32 Å². The maximum Gasteiger partial charge on any atom is 0.270 e. The third-order valence-electron chi connectivity index (χ3n) is 2.67. The first-order valence-electron chi connectivity index (χ1n) is 6.64. The number of hydrogen-bond acceptors (Lipinski definition) is 6. The molecule has 1 N–H and O–H groups in total. The fourth-order valence-electron chi connectivity index (χ4n) is 1.68. The molecule has 0 spiro atoms. The summed E-state index contributed by atoms with van der Waals surface area (Å²) in [6, 6.07) is 6.04. The van der Waals surface area contributed by atoms with Crippen molar-refractivity contribution in [1.29, 1.82) is 0 Å². The number of nitrogens with one attached hydrogen (secondary N) is 1. The van der Waals surface area contributed by atoms with Crippen LogP contribution in [-0.2, 0) is 11.2 Å². The molecule has 0 aliphatic rings. The van der Waals surface area contributed by atoms with Gasteiger partial charge < -0.3 is 0 Å². The van der Waals surface area contributed by atoms with Crippen molar-refractivity contribution in [3.63, 3.8) is 0 Å². The summed E-state index contributed by atoms with van der Waals surface area (Å²) in [6.45, 7) is 2.04. The Morgan fingerprint density at radius 2 is 2.27 bits per heavy atom. The highest BCUT2D eigenvalue weighted by atomic mass is 32.1. The molecule has 0 aliphatic heterocycles. The number of aromatic nitrogens is 2. The Morgan fingerprint density at radius 3 is 3.00 bits per heavy atom. The van der Waals surface area contributed by atoms with E-state index in [-0.39, 0.29) is 11.6 Å². The maximum atomic E-state index is 11.8. The summed E-state index contributed by atoms with van der Waals surface area (Å²) >= 11 is 1.34. The van der Waals surface area contributed by atoms with Gasteiger partial charge in [-0.15, -0.1) is 10.2 Å². The molecule has 0 atom stereocenters. The monoisotopic (exact) mass is 318 g/mol. The molecule has 0 aliphatic carbocycles. The average molecular weight is 318 g/mol. The minimum Gasteiger partial charge on any atom is -0.297 e. The van der Waals surface area contributed by atoms with E-state index in [1.54, 1.807) is 12.1 Å². The number of non-ortho nitro benzene ring substituents is 1. The highest BCUT2D eigenvalue weighted by Crippen LogP contribution is 2.17. The molecule has 0 saturated heterocycles. The van der Waals surface area contributed by atoms with E-state index in [1.807, 2.05) is 6.92 Å². The molecule has 0 bridgehead atoms. The first-order valence-corrected chi connectivity index (χ1v) is 7.46. The number of hydrogen-bond donors (Lipinski definition) is 1. The van der Waals surface area contributed by atoms with Crippen molar-refractivity contribution in [1.82, 2.24) is 10.2 Å². The van der Waals surface area contributed by atoms with Gasteiger partial charge in [0, 0.05) is 24.6 Å². The molecule has 1 aromatic carbocycles. The molecular formula is C14H14N4O3S. The number of benzene rings is 1. The first kappa shape index (κ1) is 15.8. The second-order valence-electron chi connectivity index (χ2n) is 4.43. The van der Waals surface area contributed by atoms with Gasteiger partial charge in [-0.1, -0.05) is 30.4 Å². The molecule has 0 unspecified atom stereocenters. The van der Waals surface area contributed by atoms with Gasteiger partial charge in [-0.05, 0) is 18.1 Å². The summed E-state index contributed by atoms with van der Waals surface area (Å²) in [7, 11) is 0. The zero-order chi connectivity index (χ0) is 15.9. The highest BCUT2D eigenvalue weighted by molar-refractivity contribution is 7.15. The van der Waals surface area contributed by atoms with Crippen molar-refractivity contribution in [3.05, 3.63) is 51.0 Å². The summed E-state index contributed by atoms with van der Waals surface area (Å²) in [5.41, 5.74) is 0.559. The van der Waals surface area contributed by atoms with Gasteiger partial charge in [-0.2, -0.15) is 0 Å². The lowest BCUT2D eigenvalue weighted by Crippen LogP contribution is -2.07. The topological polar surface area (TPSA) is 98.0 Å². The zero-order valence-electron chi connectivity index (χ0n) is 11.9. The maximum absolute atomic E-state index is 11.8. The number of nitrogens with zero attached hydrogens (tertiary/aromatic N) is 3. The SMILES string of the molecule is CCCc1nnc(NC(=O)C=Cc2cccc([N+](=O)[O-])c2)s1. The van der Waals surface area contributed by atoms with Gasteiger partial charge in [0.15, 0.2) is 0 Å². The van der Waals surface area contributed by atoms with E-state index >= 15 is 0 Å². The van der Waals surface area contributed by atoms with Gasteiger partial charge in [-0.3, -0.25) is 20.2 Å². The van der Waals surface area contributed by atoms with E-state index in [1.165, 1.54) is 35.6 Å². The second kappa shape index (κ2) is 7.41. The van der Waals surface area contributed by atoms with E-state index in [0.29, 0.717) is 10.7 Å². The number of carbonyl (C=O) groups excluding carboxylic acids is 1. The lowest BCUT2D eigenvalue weighted by molar-refractivity contribution is -0.384. The molecule has 0 radical (unpaired) electrons. The molecule has 114 valence electrons. The molecule has 2 aromatic rings. The number of nitro groups is 1. The Balaban J connectivity index is 1.98. The lowest BCUT2D eigenvalue weighted by atomic mass is 10.2. The molecule has 0 fully saturated rings. The standard InChI is InChI=1S/C14H14N4O3S/c1-2-4-13-16-17-14(22-13)15-12(19)8-7-10-5-3-6-11(9-10)18(20)21/h3,5-9H,2,4H2,1H3,(H,15,17,19). The van der Waals surface area contributed by atoms with Crippen LogP contribution in [0.2, 0.25) is 0 Å². The minimum atomic E-state index is -0.478. The third kappa shape index (κ3) is 4.45. The molecule has 2 rings (SSSR count). The molecular weight excluding hydrogens is 304 g/mol. The van der Waals surface area contributed by atoms with Crippen molar-refractivity contribution in [2.45, 2.75) is 19.8 Å².